The van der Waals surface area contributed by atoms with Crippen molar-refractivity contribution in [3.63, 3.8) is 0 Å². The molecule has 1 aromatic heterocycles. The van der Waals surface area contributed by atoms with Crippen LogP contribution < -0.4 is 16.2 Å². The van der Waals surface area contributed by atoms with Crippen molar-refractivity contribution in [2.75, 3.05) is 5.32 Å². The Labute approximate surface area is 148 Å². The number of para-hydroxylation sites is 1. The molecule has 1 aliphatic heterocycles. The number of amides is 3. The standard InChI is InChI=1S/C16H14ClN5O3/c17-11-5-1-2-6-12(11)19-16(24)21-20-15(23)14-8-13(22-25-14)10-4-3-7-18-9-10/h1-7,9,14H,8H2,(H,20,23)(H2,19,21,24). The highest BCUT2D eigenvalue weighted by Gasteiger charge is 2.29. The maximum Gasteiger partial charge on any atom is 0.337 e. The van der Waals surface area contributed by atoms with Crippen molar-refractivity contribution in [2.24, 2.45) is 5.16 Å². The molecular formula is C16H14ClN5O3. The molecule has 1 aromatic carbocycles. The van der Waals surface area contributed by atoms with E-state index in [1.54, 1.807) is 42.7 Å². The van der Waals surface area contributed by atoms with Crippen LogP contribution in [-0.4, -0.2) is 28.7 Å². The molecule has 0 bridgehead atoms. The first-order valence-electron chi connectivity index (χ1n) is 7.38. The summed E-state index contributed by atoms with van der Waals surface area (Å²) in [6.45, 7) is 0. The molecule has 2 heterocycles. The first-order valence-corrected chi connectivity index (χ1v) is 7.76. The summed E-state index contributed by atoms with van der Waals surface area (Å²) in [6, 6.07) is 9.70. The highest BCUT2D eigenvalue weighted by Crippen LogP contribution is 2.20. The number of nitrogens with one attached hydrogen (secondary N) is 3. The summed E-state index contributed by atoms with van der Waals surface area (Å²) in [5, 5.41) is 6.79. The van der Waals surface area contributed by atoms with E-state index in [0.717, 1.165) is 5.56 Å². The van der Waals surface area contributed by atoms with Crippen LogP contribution in [0.4, 0.5) is 10.5 Å². The van der Waals surface area contributed by atoms with E-state index in [1.807, 2.05) is 6.07 Å². The molecule has 0 aliphatic carbocycles. The highest BCUT2D eigenvalue weighted by atomic mass is 35.5. The minimum Gasteiger partial charge on any atom is -0.382 e. The number of carbonyl (C=O) groups excluding carboxylic acids is 2. The van der Waals surface area contributed by atoms with E-state index in [4.69, 9.17) is 16.4 Å². The van der Waals surface area contributed by atoms with Gasteiger partial charge in [-0.2, -0.15) is 0 Å². The van der Waals surface area contributed by atoms with Gasteiger partial charge in [0.05, 0.1) is 16.4 Å². The Kier molecular flexibility index (Phi) is 5.10. The van der Waals surface area contributed by atoms with Crippen LogP contribution in [0.1, 0.15) is 12.0 Å². The minimum atomic E-state index is -0.823. The predicted octanol–water partition coefficient (Wildman–Crippen LogP) is 2.08. The van der Waals surface area contributed by atoms with Gasteiger partial charge in [-0.25, -0.2) is 10.2 Å². The van der Waals surface area contributed by atoms with Gasteiger partial charge in [-0.05, 0) is 24.3 Å². The second-order valence-electron chi connectivity index (χ2n) is 5.13. The smallest absolute Gasteiger partial charge is 0.337 e. The molecule has 0 saturated carbocycles. The number of oxime groups is 1. The molecule has 3 rings (SSSR count). The number of halogens is 1. The Balaban J connectivity index is 1.47. The summed E-state index contributed by atoms with van der Waals surface area (Å²) in [4.78, 5) is 32.9. The topological polar surface area (TPSA) is 105 Å². The number of carbonyl (C=O) groups is 2. The van der Waals surface area contributed by atoms with Crippen molar-refractivity contribution in [2.45, 2.75) is 12.5 Å². The van der Waals surface area contributed by atoms with Crippen LogP contribution in [0.3, 0.4) is 0 Å². The average Bonchev–Trinajstić information content (AvgIpc) is 3.13. The van der Waals surface area contributed by atoms with Gasteiger partial charge in [0.1, 0.15) is 0 Å². The summed E-state index contributed by atoms with van der Waals surface area (Å²) >= 11 is 5.94. The van der Waals surface area contributed by atoms with Gasteiger partial charge < -0.3 is 10.2 Å². The summed E-state index contributed by atoms with van der Waals surface area (Å²) in [7, 11) is 0. The van der Waals surface area contributed by atoms with Gasteiger partial charge >= 0.3 is 6.03 Å². The number of hydrogen-bond donors (Lipinski definition) is 3. The second kappa shape index (κ2) is 7.63. The number of pyridine rings is 1. The molecule has 1 aliphatic rings. The van der Waals surface area contributed by atoms with Crippen LogP contribution in [0.2, 0.25) is 5.02 Å². The Morgan fingerprint density at radius 3 is 2.76 bits per heavy atom. The zero-order valence-electron chi connectivity index (χ0n) is 12.9. The summed E-state index contributed by atoms with van der Waals surface area (Å²) < 4.78 is 0. The Morgan fingerprint density at radius 1 is 1.16 bits per heavy atom. The molecule has 0 fully saturated rings. The van der Waals surface area contributed by atoms with E-state index in [2.05, 4.69) is 26.3 Å². The molecule has 0 saturated heterocycles. The maximum atomic E-state index is 12.1. The third-order valence-corrected chi connectivity index (χ3v) is 3.71. The third kappa shape index (κ3) is 4.24. The number of hydrazine groups is 1. The lowest BCUT2D eigenvalue weighted by molar-refractivity contribution is -0.131. The first kappa shape index (κ1) is 16.7. The van der Waals surface area contributed by atoms with Crippen LogP contribution in [-0.2, 0) is 9.63 Å². The van der Waals surface area contributed by atoms with E-state index in [0.29, 0.717) is 16.4 Å². The van der Waals surface area contributed by atoms with Crippen molar-refractivity contribution in [1.29, 1.82) is 0 Å². The molecule has 2 aromatic rings. The normalized spacial score (nSPS) is 15.7. The number of hydrogen-bond acceptors (Lipinski definition) is 5. The number of nitrogens with zero attached hydrogens (tertiary/aromatic N) is 2. The third-order valence-electron chi connectivity index (χ3n) is 3.38. The molecule has 3 amide bonds. The second-order valence-corrected chi connectivity index (χ2v) is 5.53. The lowest BCUT2D eigenvalue weighted by Gasteiger charge is -2.12. The Bertz CT molecular complexity index is 812. The number of anilines is 1. The van der Waals surface area contributed by atoms with E-state index in [-0.39, 0.29) is 6.42 Å². The van der Waals surface area contributed by atoms with E-state index in [1.165, 1.54) is 0 Å². The van der Waals surface area contributed by atoms with Crippen LogP contribution in [0.15, 0.2) is 53.9 Å². The van der Waals surface area contributed by atoms with Gasteiger partial charge in [0.15, 0.2) is 0 Å². The molecule has 0 radical (unpaired) electrons. The lowest BCUT2D eigenvalue weighted by atomic mass is 10.1. The predicted molar refractivity (Wildman–Crippen MR) is 92.0 cm³/mol. The van der Waals surface area contributed by atoms with Gasteiger partial charge in [0.2, 0.25) is 6.10 Å². The molecule has 1 atom stereocenters. The van der Waals surface area contributed by atoms with Crippen molar-refractivity contribution in [1.82, 2.24) is 15.8 Å². The van der Waals surface area contributed by atoms with Gasteiger partial charge in [-0.3, -0.25) is 15.2 Å². The number of urea groups is 1. The summed E-state index contributed by atoms with van der Waals surface area (Å²) in [5.41, 5.74) is 6.34. The molecule has 8 nitrogen and oxygen atoms in total. The fourth-order valence-corrected chi connectivity index (χ4v) is 2.32. The number of benzene rings is 1. The van der Waals surface area contributed by atoms with Crippen LogP contribution in [0.5, 0.6) is 0 Å². The monoisotopic (exact) mass is 359 g/mol. The van der Waals surface area contributed by atoms with E-state index < -0.39 is 18.0 Å². The van der Waals surface area contributed by atoms with Crippen molar-refractivity contribution in [3.8, 4) is 0 Å². The van der Waals surface area contributed by atoms with Crippen LogP contribution in [0.25, 0.3) is 0 Å². The number of rotatable bonds is 3. The maximum absolute atomic E-state index is 12.1. The first-order chi connectivity index (χ1) is 12.1. The SMILES string of the molecule is O=C(NNC(=O)C1CC(c2cccnc2)=NO1)Nc1ccccc1Cl. The van der Waals surface area contributed by atoms with Crippen molar-refractivity contribution in [3.05, 3.63) is 59.4 Å². The van der Waals surface area contributed by atoms with Crippen LogP contribution >= 0.6 is 11.6 Å². The quantitative estimate of drug-likeness (QED) is 0.729. The molecular weight excluding hydrogens is 346 g/mol. The van der Waals surface area contributed by atoms with Gasteiger partial charge in [0.25, 0.3) is 5.91 Å². The highest BCUT2D eigenvalue weighted by molar-refractivity contribution is 6.33. The summed E-state index contributed by atoms with van der Waals surface area (Å²) in [5.74, 6) is -0.517. The average molecular weight is 360 g/mol. The molecule has 128 valence electrons. The van der Waals surface area contributed by atoms with Gasteiger partial charge in [0, 0.05) is 24.4 Å². The van der Waals surface area contributed by atoms with Crippen molar-refractivity contribution < 1.29 is 14.4 Å². The number of aromatic nitrogens is 1. The Morgan fingerprint density at radius 2 is 2.00 bits per heavy atom. The van der Waals surface area contributed by atoms with Gasteiger partial charge in [-0.1, -0.05) is 28.9 Å². The largest absolute Gasteiger partial charge is 0.382 e. The fourth-order valence-electron chi connectivity index (χ4n) is 2.14. The van der Waals surface area contributed by atoms with E-state index in [9.17, 15) is 9.59 Å². The van der Waals surface area contributed by atoms with Crippen molar-refractivity contribution >= 4 is 34.9 Å². The zero-order chi connectivity index (χ0) is 17.6. The summed E-state index contributed by atoms with van der Waals surface area (Å²) in [6.07, 6.45) is 2.74. The minimum absolute atomic E-state index is 0.283. The molecule has 1 unspecified atom stereocenters. The Hall–Kier alpha value is -3.13. The van der Waals surface area contributed by atoms with Crippen LogP contribution in [0, 0.1) is 0 Å². The van der Waals surface area contributed by atoms with E-state index >= 15 is 0 Å². The molecule has 9 heteroatoms. The van der Waals surface area contributed by atoms with Gasteiger partial charge in [-0.15, -0.1) is 0 Å². The molecule has 25 heavy (non-hydrogen) atoms. The molecule has 0 spiro atoms. The zero-order valence-corrected chi connectivity index (χ0v) is 13.7. The fraction of sp³-hybridized carbons (Fsp3) is 0.125. The lowest BCUT2D eigenvalue weighted by Crippen LogP contribution is -2.48. The molecule has 3 N–H and O–H groups in total.